The molecule has 19 heavy (non-hydrogen) atoms. The van der Waals surface area contributed by atoms with E-state index in [-0.39, 0.29) is 12.3 Å². The third kappa shape index (κ3) is 4.76. The molecule has 2 amide bonds. The van der Waals surface area contributed by atoms with Crippen LogP contribution in [0.5, 0.6) is 0 Å². The largest absolute Gasteiger partial charge is 0.480 e. The monoisotopic (exact) mass is 274 g/mol. The number of rotatable bonds is 6. The first-order chi connectivity index (χ1) is 8.76. The maximum Gasteiger partial charge on any atom is 0.328 e. The number of hydrogen-bond donors (Lipinski definition) is 2. The number of carboxylic acids is 1. The van der Waals surface area contributed by atoms with Gasteiger partial charge in [0.05, 0.1) is 7.11 Å². The second-order valence-electron chi connectivity index (χ2n) is 4.57. The molecule has 0 aliphatic heterocycles. The summed E-state index contributed by atoms with van der Waals surface area (Å²) in [5.41, 5.74) is 0. The zero-order valence-corrected chi connectivity index (χ0v) is 12.0. The van der Waals surface area contributed by atoms with E-state index in [4.69, 9.17) is 5.11 Å². The molecule has 0 bridgehead atoms. The summed E-state index contributed by atoms with van der Waals surface area (Å²) in [5, 5.41) is 11.5. The number of ether oxygens (including phenoxy) is 1. The van der Waals surface area contributed by atoms with Crippen molar-refractivity contribution in [3.8, 4) is 0 Å². The van der Waals surface area contributed by atoms with Crippen molar-refractivity contribution in [2.45, 2.75) is 39.3 Å². The number of carbonyl (C=O) groups excluding carboxylic acids is 2. The second-order valence-corrected chi connectivity index (χ2v) is 4.57. The van der Waals surface area contributed by atoms with Gasteiger partial charge in [0.15, 0.2) is 0 Å². The molecular formula is C12H22N2O5. The lowest BCUT2D eigenvalue weighted by Gasteiger charge is -2.27. The number of amides is 2. The molecule has 0 heterocycles. The molecule has 0 rings (SSSR count). The van der Waals surface area contributed by atoms with Crippen molar-refractivity contribution in [1.29, 1.82) is 0 Å². The number of nitrogens with zero attached hydrogens (tertiary/aromatic N) is 1. The van der Waals surface area contributed by atoms with Gasteiger partial charge in [0.2, 0.25) is 0 Å². The van der Waals surface area contributed by atoms with Gasteiger partial charge in [0, 0.05) is 7.05 Å². The number of carbonyl (C=O) groups is 3. The molecular weight excluding hydrogens is 252 g/mol. The molecule has 0 fully saturated rings. The van der Waals surface area contributed by atoms with E-state index in [0.717, 1.165) is 4.90 Å². The van der Waals surface area contributed by atoms with Gasteiger partial charge in [-0.2, -0.15) is 0 Å². The minimum Gasteiger partial charge on any atom is -0.480 e. The molecule has 0 spiro atoms. The summed E-state index contributed by atoms with van der Waals surface area (Å²) in [5.74, 6) is -1.80. The zero-order valence-electron chi connectivity index (χ0n) is 12.0. The minimum atomic E-state index is -1.08. The highest BCUT2D eigenvalue weighted by atomic mass is 16.5. The van der Waals surface area contributed by atoms with Gasteiger partial charge in [-0.15, -0.1) is 0 Å². The average molecular weight is 274 g/mol. The lowest BCUT2D eigenvalue weighted by atomic mass is 10.1. The Balaban J connectivity index is 4.81. The first-order valence-corrected chi connectivity index (χ1v) is 6.10. The van der Waals surface area contributed by atoms with E-state index < -0.39 is 30.1 Å². The number of esters is 1. The van der Waals surface area contributed by atoms with Crippen molar-refractivity contribution in [2.75, 3.05) is 14.2 Å². The van der Waals surface area contributed by atoms with E-state index in [1.807, 2.05) is 0 Å². The van der Waals surface area contributed by atoms with Crippen molar-refractivity contribution in [3.63, 3.8) is 0 Å². The molecule has 0 aliphatic carbocycles. The highest BCUT2D eigenvalue weighted by molar-refractivity contribution is 5.86. The van der Waals surface area contributed by atoms with Crippen LogP contribution in [0.1, 0.15) is 27.2 Å². The smallest absolute Gasteiger partial charge is 0.328 e. The molecule has 7 heteroatoms. The third-order valence-electron chi connectivity index (χ3n) is 2.86. The molecule has 0 saturated heterocycles. The van der Waals surface area contributed by atoms with Crippen LogP contribution in [-0.4, -0.2) is 54.2 Å². The molecule has 110 valence electrons. The number of carboxylic acid groups (broad SMARTS) is 1. The van der Waals surface area contributed by atoms with Crippen molar-refractivity contribution in [2.24, 2.45) is 5.92 Å². The Kier molecular flexibility index (Phi) is 6.89. The van der Waals surface area contributed by atoms with Crippen molar-refractivity contribution in [1.82, 2.24) is 10.2 Å². The highest BCUT2D eigenvalue weighted by Crippen LogP contribution is 2.07. The van der Waals surface area contributed by atoms with E-state index in [0.29, 0.717) is 0 Å². The van der Waals surface area contributed by atoms with E-state index in [9.17, 15) is 14.4 Å². The lowest BCUT2D eigenvalue weighted by Crippen LogP contribution is -2.53. The molecule has 0 aliphatic rings. The van der Waals surface area contributed by atoms with E-state index in [1.165, 1.54) is 14.2 Å². The standard InChI is InChI=1S/C12H22N2O5/c1-6-8(10(15)16)14(4)12(18)13-9(7(2)3)11(17)19-5/h7-9H,6H2,1-5H3,(H,13,18)(H,15,16). The summed E-state index contributed by atoms with van der Waals surface area (Å²) < 4.78 is 4.60. The summed E-state index contributed by atoms with van der Waals surface area (Å²) in [6.45, 7) is 5.19. The molecule has 2 atom stereocenters. The average Bonchev–Trinajstić information content (AvgIpc) is 2.34. The summed E-state index contributed by atoms with van der Waals surface area (Å²) in [4.78, 5) is 35.5. The van der Waals surface area contributed by atoms with Crippen molar-refractivity contribution >= 4 is 18.0 Å². The fourth-order valence-corrected chi connectivity index (χ4v) is 1.62. The first-order valence-electron chi connectivity index (χ1n) is 6.10. The van der Waals surface area contributed by atoms with Gasteiger partial charge in [-0.05, 0) is 12.3 Å². The van der Waals surface area contributed by atoms with Crippen LogP contribution in [0.3, 0.4) is 0 Å². The van der Waals surface area contributed by atoms with Gasteiger partial charge < -0.3 is 20.1 Å². The zero-order chi connectivity index (χ0) is 15.2. The number of likely N-dealkylation sites (N-methyl/N-ethyl adjacent to an activating group) is 1. The van der Waals surface area contributed by atoms with Crippen LogP contribution in [0.4, 0.5) is 4.79 Å². The van der Waals surface area contributed by atoms with Crippen LogP contribution in [0.25, 0.3) is 0 Å². The van der Waals surface area contributed by atoms with E-state index >= 15 is 0 Å². The van der Waals surface area contributed by atoms with Crippen molar-refractivity contribution in [3.05, 3.63) is 0 Å². The van der Waals surface area contributed by atoms with Gasteiger partial charge in [-0.25, -0.2) is 14.4 Å². The molecule has 2 N–H and O–H groups in total. The van der Waals surface area contributed by atoms with Gasteiger partial charge in [0.25, 0.3) is 0 Å². The normalized spacial score (nSPS) is 13.6. The van der Waals surface area contributed by atoms with Crippen LogP contribution in [0.15, 0.2) is 0 Å². The number of methoxy groups -OCH3 is 1. The van der Waals surface area contributed by atoms with Gasteiger partial charge in [0.1, 0.15) is 12.1 Å². The summed E-state index contributed by atoms with van der Waals surface area (Å²) in [6.07, 6.45) is 0.282. The highest BCUT2D eigenvalue weighted by Gasteiger charge is 2.30. The molecule has 2 unspecified atom stereocenters. The van der Waals surface area contributed by atoms with E-state index in [1.54, 1.807) is 20.8 Å². The Labute approximate surface area is 112 Å². The Morgan fingerprint density at radius 3 is 2.16 bits per heavy atom. The topological polar surface area (TPSA) is 95.9 Å². The van der Waals surface area contributed by atoms with Crippen LogP contribution in [0, 0.1) is 5.92 Å². The number of urea groups is 1. The van der Waals surface area contributed by atoms with Gasteiger partial charge >= 0.3 is 18.0 Å². The van der Waals surface area contributed by atoms with Gasteiger partial charge in [-0.1, -0.05) is 20.8 Å². The molecule has 0 aromatic heterocycles. The quantitative estimate of drug-likeness (QED) is 0.695. The number of hydrogen-bond acceptors (Lipinski definition) is 4. The maximum absolute atomic E-state index is 11.9. The van der Waals surface area contributed by atoms with Crippen molar-refractivity contribution < 1.29 is 24.2 Å². The number of nitrogens with one attached hydrogen (secondary N) is 1. The van der Waals surface area contributed by atoms with Gasteiger partial charge in [-0.3, -0.25) is 0 Å². The summed E-state index contributed by atoms with van der Waals surface area (Å²) in [7, 11) is 2.62. The predicted octanol–water partition coefficient (Wildman–Crippen LogP) is 0.689. The molecule has 0 aromatic carbocycles. The Hall–Kier alpha value is -1.79. The van der Waals surface area contributed by atoms with E-state index in [2.05, 4.69) is 10.1 Å². The van der Waals surface area contributed by atoms with Crippen LogP contribution in [0.2, 0.25) is 0 Å². The number of aliphatic carboxylic acids is 1. The summed E-state index contributed by atoms with van der Waals surface area (Å²) in [6, 6.07) is -2.34. The third-order valence-corrected chi connectivity index (χ3v) is 2.86. The molecule has 0 aromatic rings. The molecule has 7 nitrogen and oxygen atoms in total. The SMILES string of the molecule is CCC(C(=O)O)N(C)C(=O)NC(C(=O)OC)C(C)C. The second kappa shape index (κ2) is 7.60. The molecule has 0 saturated carbocycles. The Morgan fingerprint density at radius 1 is 1.32 bits per heavy atom. The van der Waals surface area contributed by atoms with Crippen LogP contribution >= 0.6 is 0 Å². The van der Waals surface area contributed by atoms with Crippen LogP contribution in [-0.2, 0) is 14.3 Å². The molecule has 0 radical (unpaired) electrons. The fourth-order valence-electron chi connectivity index (χ4n) is 1.62. The predicted molar refractivity (Wildman–Crippen MR) is 68.7 cm³/mol. The minimum absolute atomic E-state index is 0.158. The first kappa shape index (κ1) is 17.2. The Bertz CT molecular complexity index is 343. The fraction of sp³-hybridized carbons (Fsp3) is 0.750. The van der Waals surface area contributed by atoms with Crippen LogP contribution < -0.4 is 5.32 Å². The Morgan fingerprint density at radius 2 is 1.84 bits per heavy atom. The maximum atomic E-state index is 11.9. The lowest BCUT2D eigenvalue weighted by molar-refractivity contribution is -0.144. The summed E-state index contributed by atoms with van der Waals surface area (Å²) >= 11 is 0.